The predicted molar refractivity (Wildman–Crippen MR) is 114 cm³/mol. The van der Waals surface area contributed by atoms with E-state index in [4.69, 9.17) is 4.74 Å². The second-order valence-corrected chi connectivity index (χ2v) is 11.8. The molecule has 144 valence electrons. The molecule has 4 nitrogen and oxygen atoms in total. The van der Waals surface area contributed by atoms with E-state index in [0.29, 0.717) is 6.54 Å². The Morgan fingerprint density at radius 1 is 1.31 bits per heavy atom. The van der Waals surface area contributed by atoms with Crippen LogP contribution in [-0.4, -0.2) is 41.1 Å². The molecule has 0 radical (unpaired) electrons. The molecule has 1 aromatic rings. The zero-order chi connectivity index (χ0) is 18.9. The van der Waals surface area contributed by atoms with E-state index in [-0.39, 0.29) is 20.8 Å². The molecule has 1 aliphatic heterocycles. The molecular weight excluding hydrogens is 461 g/mol. The quantitative estimate of drug-likeness (QED) is 0.285. The third-order valence-corrected chi connectivity index (χ3v) is 7.82. The fourth-order valence-corrected chi connectivity index (χ4v) is 5.29. The largest absolute Gasteiger partial charge is 0.597 e. The lowest BCUT2D eigenvalue weighted by Crippen LogP contribution is -2.54. The number of hydrogen-bond acceptors (Lipinski definition) is 4. The van der Waals surface area contributed by atoms with Gasteiger partial charge in [-0.15, -0.1) is 4.31 Å². The zero-order valence-corrected chi connectivity index (χ0v) is 18.6. The fourth-order valence-electron chi connectivity index (χ4n) is 3.32. The van der Waals surface area contributed by atoms with Crippen molar-refractivity contribution in [3.05, 3.63) is 47.5 Å². The highest BCUT2D eigenvalue weighted by Crippen LogP contribution is 2.39. The summed E-state index contributed by atoms with van der Waals surface area (Å²) in [4.78, 5) is 0. The van der Waals surface area contributed by atoms with E-state index >= 15 is 0 Å². The molecule has 0 saturated carbocycles. The summed E-state index contributed by atoms with van der Waals surface area (Å²) in [5.41, 5.74) is 2.42. The fraction of sp³-hybridized carbons (Fsp3) is 0.600. The van der Waals surface area contributed by atoms with Gasteiger partial charge in [-0.25, -0.2) is 0 Å². The zero-order valence-electron chi connectivity index (χ0n) is 15.6. The molecule has 0 bridgehead atoms. The molecule has 1 aliphatic carbocycles. The van der Waals surface area contributed by atoms with Crippen molar-refractivity contribution in [3.8, 4) is 0 Å². The van der Waals surface area contributed by atoms with E-state index in [1.807, 2.05) is 39.0 Å². The first-order valence-electron chi connectivity index (χ1n) is 9.16. The molecule has 2 aliphatic rings. The number of alkyl halides is 1. The molecule has 1 N–H and O–H groups in total. The Bertz CT molecular complexity index is 634. The van der Waals surface area contributed by atoms with Crippen LogP contribution in [0.4, 0.5) is 0 Å². The van der Waals surface area contributed by atoms with Crippen LogP contribution >= 0.6 is 22.6 Å². The average molecular weight is 489 g/mol. The Hall–Kier alpha value is -0.120. The summed E-state index contributed by atoms with van der Waals surface area (Å²) >= 11 is 1.07. The topological polar surface area (TPSA) is 55.8 Å². The van der Waals surface area contributed by atoms with E-state index in [2.05, 4.69) is 45.1 Å². The Balaban J connectivity index is 1.88. The van der Waals surface area contributed by atoms with Crippen LogP contribution in [0.2, 0.25) is 0 Å². The summed E-state index contributed by atoms with van der Waals surface area (Å²) in [6.07, 6.45) is 4.05. The van der Waals surface area contributed by atoms with E-state index in [0.717, 1.165) is 24.8 Å². The van der Waals surface area contributed by atoms with Gasteiger partial charge in [-0.2, -0.15) is 0 Å². The second kappa shape index (κ2) is 8.49. The molecule has 26 heavy (non-hydrogen) atoms. The number of rotatable bonds is 6. The molecule has 1 aromatic carbocycles. The van der Waals surface area contributed by atoms with Crippen LogP contribution in [0, 0.1) is 0 Å². The van der Waals surface area contributed by atoms with Gasteiger partial charge in [0.15, 0.2) is 6.29 Å². The number of ether oxygens (including phenoxy) is 1. The molecule has 1 saturated heterocycles. The highest BCUT2D eigenvalue weighted by molar-refractivity contribution is 14.1. The summed E-state index contributed by atoms with van der Waals surface area (Å²) in [6, 6.07) is 10.1. The van der Waals surface area contributed by atoms with Crippen molar-refractivity contribution in [1.29, 1.82) is 0 Å². The van der Waals surface area contributed by atoms with Crippen LogP contribution in [0.3, 0.4) is 0 Å². The number of halogens is 1. The first-order chi connectivity index (χ1) is 12.3. The maximum atomic E-state index is 13.4. The number of aliphatic hydroxyl groups excluding tert-OH is 1. The van der Waals surface area contributed by atoms with Gasteiger partial charge in [-0.3, -0.25) is 0 Å². The van der Waals surface area contributed by atoms with Crippen LogP contribution in [-0.2, 0) is 22.6 Å². The number of allylic oxidation sites excluding steroid dienone is 1. The van der Waals surface area contributed by atoms with Crippen LogP contribution in [0.1, 0.15) is 45.6 Å². The molecule has 1 fully saturated rings. The van der Waals surface area contributed by atoms with E-state index < -0.39 is 17.7 Å². The summed E-state index contributed by atoms with van der Waals surface area (Å²) < 4.78 is 21.2. The minimum absolute atomic E-state index is 0.0474. The lowest BCUT2D eigenvalue weighted by atomic mass is 9.99. The molecule has 5 atom stereocenters. The van der Waals surface area contributed by atoms with Gasteiger partial charge in [-0.05, 0) is 51.2 Å². The molecule has 6 heteroatoms. The van der Waals surface area contributed by atoms with E-state index in [1.54, 1.807) is 0 Å². The molecule has 3 unspecified atom stereocenters. The van der Waals surface area contributed by atoms with Crippen molar-refractivity contribution in [3.63, 3.8) is 0 Å². The predicted octanol–water partition coefficient (Wildman–Crippen LogP) is 3.95. The summed E-state index contributed by atoms with van der Waals surface area (Å²) in [6.45, 7) is 6.64. The Morgan fingerprint density at radius 2 is 1.96 bits per heavy atom. The second-order valence-electron chi connectivity index (χ2n) is 8.01. The van der Waals surface area contributed by atoms with Crippen molar-refractivity contribution in [1.82, 2.24) is 4.31 Å². The summed E-state index contributed by atoms with van der Waals surface area (Å²) in [5.74, 6) is 0. The third-order valence-electron chi connectivity index (χ3n) is 4.75. The van der Waals surface area contributed by atoms with Gasteiger partial charge in [0.25, 0.3) is 0 Å². The highest BCUT2D eigenvalue weighted by atomic mass is 127. The normalized spacial score (nSPS) is 28.6. The highest BCUT2D eigenvalue weighted by Gasteiger charge is 2.46. The monoisotopic (exact) mass is 489 g/mol. The van der Waals surface area contributed by atoms with Crippen LogP contribution in [0.5, 0.6) is 0 Å². The van der Waals surface area contributed by atoms with Crippen molar-refractivity contribution >= 4 is 34.0 Å². The number of benzene rings is 1. The molecule has 0 aromatic heterocycles. The SMILES string of the molecule is CC(C)(C)[S+]([O-])N(Cc1ccccc1)[C@@H](C1=CC1)[C@@H]1CCC(I)C(O)O1. The van der Waals surface area contributed by atoms with Gasteiger partial charge in [0.2, 0.25) is 0 Å². The number of nitrogens with zero attached hydrogens (tertiary/aromatic N) is 1. The van der Waals surface area contributed by atoms with Gasteiger partial charge in [0.1, 0.15) is 10.8 Å². The summed E-state index contributed by atoms with van der Waals surface area (Å²) in [7, 11) is 0. The minimum Gasteiger partial charge on any atom is -0.597 e. The Kier molecular flexibility index (Phi) is 6.73. The average Bonchev–Trinajstić information content (AvgIpc) is 3.42. The van der Waals surface area contributed by atoms with Crippen molar-refractivity contribution in [2.24, 2.45) is 0 Å². The van der Waals surface area contributed by atoms with Crippen molar-refractivity contribution < 1.29 is 14.4 Å². The van der Waals surface area contributed by atoms with Gasteiger partial charge >= 0.3 is 0 Å². The molecule has 0 spiro atoms. The van der Waals surface area contributed by atoms with Gasteiger partial charge in [-0.1, -0.05) is 59.0 Å². The molecular formula is C20H28INO3S. The lowest BCUT2D eigenvalue weighted by Gasteiger charge is -2.42. The first kappa shape index (κ1) is 20.6. The van der Waals surface area contributed by atoms with Crippen molar-refractivity contribution in [2.75, 3.05) is 0 Å². The minimum atomic E-state index is -1.18. The first-order valence-corrected chi connectivity index (χ1v) is 11.5. The Morgan fingerprint density at radius 3 is 2.50 bits per heavy atom. The van der Waals surface area contributed by atoms with Gasteiger partial charge in [0, 0.05) is 11.4 Å². The molecule has 0 amide bonds. The molecule has 1 heterocycles. The van der Waals surface area contributed by atoms with E-state index in [1.165, 1.54) is 5.57 Å². The standard InChI is InChI=1S/C20H28INO3S/c1-20(2,3)26(24)22(13-14-7-5-4-6-8-14)18(15-9-10-15)17-12-11-16(21)19(23)25-17/h4-9,16-19,23H,10-13H2,1-3H3/t16?,17-,18-,19?,26?/m0/s1. The van der Waals surface area contributed by atoms with Crippen LogP contribution in [0.25, 0.3) is 0 Å². The smallest absolute Gasteiger partial charge is 0.166 e. The van der Waals surface area contributed by atoms with E-state index in [9.17, 15) is 9.66 Å². The number of aliphatic hydroxyl groups is 1. The maximum absolute atomic E-state index is 13.4. The third kappa shape index (κ3) is 5.02. The van der Waals surface area contributed by atoms with Gasteiger partial charge in [0.05, 0.1) is 16.6 Å². The summed E-state index contributed by atoms with van der Waals surface area (Å²) in [5, 5.41) is 10.2. The maximum Gasteiger partial charge on any atom is 0.166 e. The Labute approximate surface area is 173 Å². The number of hydrogen-bond donors (Lipinski definition) is 1. The van der Waals surface area contributed by atoms with Gasteiger partial charge < -0.3 is 14.4 Å². The van der Waals surface area contributed by atoms with Crippen LogP contribution in [0.15, 0.2) is 42.0 Å². The molecule has 3 rings (SSSR count). The lowest BCUT2D eigenvalue weighted by molar-refractivity contribution is -0.165. The van der Waals surface area contributed by atoms with Crippen LogP contribution < -0.4 is 0 Å². The van der Waals surface area contributed by atoms with Crippen molar-refractivity contribution in [2.45, 2.75) is 73.7 Å².